The number of carbonyl (C=O) groups is 1. The van der Waals surface area contributed by atoms with Gasteiger partial charge < -0.3 is 10.1 Å². The number of rotatable bonds is 8. The van der Waals surface area contributed by atoms with Gasteiger partial charge in [-0.2, -0.15) is 0 Å². The number of sulfonamides is 1. The van der Waals surface area contributed by atoms with Crippen LogP contribution < -0.4 is 14.4 Å². The van der Waals surface area contributed by atoms with Crippen LogP contribution in [0.4, 0.5) is 10.1 Å². The van der Waals surface area contributed by atoms with Crippen LogP contribution in [0.1, 0.15) is 12.5 Å². The van der Waals surface area contributed by atoms with E-state index < -0.39 is 28.3 Å². The Morgan fingerprint density at radius 2 is 1.81 bits per heavy atom. The molecular weight excluding hydrogens is 371 g/mol. The summed E-state index contributed by atoms with van der Waals surface area (Å²) in [4.78, 5) is 12.3. The number of hydrogen-bond donors (Lipinski definition) is 1. The van der Waals surface area contributed by atoms with E-state index in [0.29, 0.717) is 5.75 Å². The van der Waals surface area contributed by atoms with Gasteiger partial charge in [0.15, 0.2) is 0 Å². The lowest BCUT2D eigenvalue weighted by Crippen LogP contribution is -2.45. The molecule has 0 aliphatic carbocycles. The molecule has 2 rings (SSSR count). The molecule has 0 aromatic heterocycles. The standard InChI is InChI=1S/C19H23FN2O4S/c1-14-8-4-7-11-18(14)26-13-15(2)21-19(23)12-22(27(3,24)25)17-10-6-5-9-16(17)20/h4-11,15H,12-13H2,1-3H3,(H,21,23)/t15-/m1/s1. The summed E-state index contributed by atoms with van der Waals surface area (Å²) < 4.78 is 44.4. The fraction of sp³-hybridized carbons (Fsp3) is 0.316. The molecule has 0 bridgehead atoms. The van der Waals surface area contributed by atoms with E-state index in [0.717, 1.165) is 22.2 Å². The van der Waals surface area contributed by atoms with Crippen molar-refractivity contribution >= 4 is 21.6 Å². The van der Waals surface area contributed by atoms with Crippen molar-refractivity contribution in [2.24, 2.45) is 0 Å². The molecule has 0 saturated heterocycles. The zero-order valence-electron chi connectivity index (χ0n) is 15.5. The van der Waals surface area contributed by atoms with Crippen LogP contribution in [0, 0.1) is 12.7 Å². The Balaban J connectivity index is 1.99. The van der Waals surface area contributed by atoms with Crippen molar-refractivity contribution in [1.29, 1.82) is 0 Å². The Hall–Kier alpha value is -2.61. The highest BCUT2D eigenvalue weighted by Crippen LogP contribution is 2.21. The number of nitrogens with one attached hydrogen (secondary N) is 1. The molecule has 0 fully saturated rings. The highest BCUT2D eigenvalue weighted by molar-refractivity contribution is 7.92. The van der Waals surface area contributed by atoms with E-state index in [2.05, 4.69) is 5.32 Å². The minimum atomic E-state index is -3.83. The normalized spacial score (nSPS) is 12.3. The molecule has 146 valence electrons. The van der Waals surface area contributed by atoms with E-state index in [9.17, 15) is 17.6 Å². The van der Waals surface area contributed by atoms with E-state index >= 15 is 0 Å². The van der Waals surface area contributed by atoms with Gasteiger partial charge in [0.25, 0.3) is 0 Å². The van der Waals surface area contributed by atoms with E-state index in [1.807, 2.05) is 31.2 Å². The lowest BCUT2D eigenvalue weighted by molar-refractivity contribution is -0.120. The number of para-hydroxylation sites is 2. The zero-order valence-corrected chi connectivity index (χ0v) is 16.3. The molecule has 6 nitrogen and oxygen atoms in total. The van der Waals surface area contributed by atoms with Crippen LogP contribution in [0.3, 0.4) is 0 Å². The summed E-state index contributed by atoms with van der Waals surface area (Å²) >= 11 is 0. The molecule has 8 heteroatoms. The highest BCUT2D eigenvalue weighted by Gasteiger charge is 2.24. The quantitative estimate of drug-likeness (QED) is 0.746. The second-order valence-corrected chi connectivity index (χ2v) is 8.17. The molecule has 1 N–H and O–H groups in total. The van der Waals surface area contributed by atoms with Crippen molar-refractivity contribution in [2.75, 3.05) is 23.7 Å². The molecule has 0 aliphatic heterocycles. The summed E-state index contributed by atoms with van der Waals surface area (Å²) in [6.45, 7) is 3.35. The van der Waals surface area contributed by atoms with Crippen molar-refractivity contribution in [3.8, 4) is 5.75 Å². The number of nitrogens with zero attached hydrogens (tertiary/aromatic N) is 1. The van der Waals surface area contributed by atoms with E-state index in [1.165, 1.54) is 18.2 Å². The van der Waals surface area contributed by atoms with Crippen LogP contribution >= 0.6 is 0 Å². The van der Waals surface area contributed by atoms with Crippen molar-refractivity contribution in [1.82, 2.24) is 5.32 Å². The number of ether oxygens (including phenoxy) is 1. The van der Waals surface area contributed by atoms with Gasteiger partial charge in [0, 0.05) is 0 Å². The third kappa shape index (κ3) is 5.96. The van der Waals surface area contributed by atoms with Crippen molar-refractivity contribution in [2.45, 2.75) is 19.9 Å². The first-order valence-electron chi connectivity index (χ1n) is 8.38. The van der Waals surface area contributed by atoms with Crippen molar-refractivity contribution in [3.63, 3.8) is 0 Å². The van der Waals surface area contributed by atoms with E-state index in [1.54, 1.807) is 6.92 Å². The maximum atomic E-state index is 14.0. The maximum Gasteiger partial charge on any atom is 0.241 e. The number of aryl methyl sites for hydroxylation is 1. The average molecular weight is 394 g/mol. The SMILES string of the molecule is Cc1ccccc1OC[C@@H](C)NC(=O)CN(c1ccccc1F)S(C)(=O)=O. The first-order chi connectivity index (χ1) is 12.7. The van der Waals surface area contributed by atoms with Gasteiger partial charge in [0.1, 0.15) is 24.7 Å². The lowest BCUT2D eigenvalue weighted by atomic mass is 10.2. The number of anilines is 1. The van der Waals surface area contributed by atoms with Gasteiger partial charge in [-0.1, -0.05) is 30.3 Å². The molecule has 0 radical (unpaired) electrons. The molecule has 27 heavy (non-hydrogen) atoms. The monoisotopic (exact) mass is 394 g/mol. The molecule has 1 atom stereocenters. The Morgan fingerprint density at radius 3 is 2.44 bits per heavy atom. The van der Waals surface area contributed by atoms with Gasteiger partial charge in [-0.15, -0.1) is 0 Å². The van der Waals surface area contributed by atoms with Gasteiger partial charge in [-0.05, 0) is 37.6 Å². The van der Waals surface area contributed by atoms with Crippen LogP contribution in [0.15, 0.2) is 48.5 Å². The highest BCUT2D eigenvalue weighted by atomic mass is 32.2. The number of benzene rings is 2. The fourth-order valence-electron chi connectivity index (χ4n) is 2.46. The number of carbonyl (C=O) groups excluding carboxylic acids is 1. The van der Waals surface area contributed by atoms with Crippen LogP contribution in [0.5, 0.6) is 5.75 Å². The second kappa shape index (κ2) is 8.85. The zero-order chi connectivity index (χ0) is 20.0. The van der Waals surface area contributed by atoms with Gasteiger partial charge in [-0.3, -0.25) is 9.10 Å². The Kier molecular flexibility index (Phi) is 6.79. The first kappa shape index (κ1) is 20.7. The largest absolute Gasteiger partial charge is 0.491 e. The molecule has 0 unspecified atom stereocenters. The molecular formula is C19H23FN2O4S. The second-order valence-electron chi connectivity index (χ2n) is 6.27. The minimum absolute atomic E-state index is 0.168. The van der Waals surface area contributed by atoms with Crippen molar-refractivity contribution < 1.29 is 22.3 Å². The van der Waals surface area contributed by atoms with Gasteiger partial charge in [-0.25, -0.2) is 12.8 Å². The predicted molar refractivity (Wildman–Crippen MR) is 103 cm³/mol. The molecule has 0 spiro atoms. The number of hydrogen-bond acceptors (Lipinski definition) is 4. The molecule has 0 aliphatic rings. The fourth-order valence-corrected chi connectivity index (χ4v) is 3.32. The third-order valence-corrected chi connectivity index (χ3v) is 4.92. The van der Waals surface area contributed by atoms with Crippen LogP contribution in [-0.2, 0) is 14.8 Å². The van der Waals surface area contributed by atoms with Gasteiger partial charge in [0.05, 0.1) is 18.0 Å². The minimum Gasteiger partial charge on any atom is -0.491 e. The molecule has 0 heterocycles. The first-order valence-corrected chi connectivity index (χ1v) is 10.2. The molecule has 1 amide bonds. The number of halogens is 1. The predicted octanol–water partition coefficient (Wildman–Crippen LogP) is 2.48. The number of amides is 1. The van der Waals surface area contributed by atoms with E-state index in [-0.39, 0.29) is 18.3 Å². The molecule has 2 aromatic rings. The average Bonchev–Trinajstić information content (AvgIpc) is 2.59. The summed E-state index contributed by atoms with van der Waals surface area (Å²) in [5.74, 6) is -0.557. The maximum absolute atomic E-state index is 14.0. The molecule has 0 saturated carbocycles. The summed E-state index contributed by atoms with van der Waals surface area (Å²) in [5.41, 5.74) is 0.804. The van der Waals surface area contributed by atoms with Gasteiger partial charge >= 0.3 is 0 Å². The van der Waals surface area contributed by atoms with Crippen LogP contribution in [0.2, 0.25) is 0 Å². The van der Waals surface area contributed by atoms with Gasteiger partial charge in [0.2, 0.25) is 15.9 Å². The van der Waals surface area contributed by atoms with Crippen molar-refractivity contribution in [3.05, 3.63) is 59.9 Å². The van der Waals surface area contributed by atoms with Crippen LogP contribution in [0.25, 0.3) is 0 Å². The Labute approximate surface area is 159 Å². The summed E-state index contributed by atoms with van der Waals surface area (Å²) in [5, 5.41) is 2.67. The summed E-state index contributed by atoms with van der Waals surface area (Å²) in [6, 6.07) is 12.5. The summed E-state index contributed by atoms with van der Waals surface area (Å²) in [7, 11) is -3.83. The van der Waals surface area contributed by atoms with E-state index in [4.69, 9.17) is 4.74 Å². The summed E-state index contributed by atoms with van der Waals surface area (Å²) in [6.07, 6.45) is 0.928. The Morgan fingerprint density at radius 1 is 1.19 bits per heavy atom. The molecule has 2 aromatic carbocycles. The lowest BCUT2D eigenvalue weighted by Gasteiger charge is -2.23. The topological polar surface area (TPSA) is 75.7 Å². The van der Waals surface area contributed by atoms with Crippen LogP contribution in [-0.4, -0.2) is 39.8 Å². The third-order valence-electron chi connectivity index (χ3n) is 3.80. The Bertz CT molecular complexity index is 902. The smallest absolute Gasteiger partial charge is 0.241 e.